The molecule has 0 bridgehead atoms. The van der Waals surface area contributed by atoms with E-state index in [1.807, 2.05) is 13.0 Å². The van der Waals surface area contributed by atoms with Gasteiger partial charge in [0.15, 0.2) is 0 Å². The van der Waals surface area contributed by atoms with E-state index < -0.39 is 0 Å². The fourth-order valence-corrected chi connectivity index (χ4v) is 2.77. The van der Waals surface area contributed by atoms with E-state index in [4.69, 9.17) is 10.5 Å². The van der Waals surface area contributed by atoms with Gasteiger partial charge in [-0.15, -0.1) is 0 Å². The standard InChI is InChI=1S/C17H28N2O/c1-3-10-19(13-14-8-9-14)17(12-18)15-6-5-7-16(11-15)20-4-2/h5-7,11,14,17H,3-4,8-10,12-13,18H2,1-2H3. The Kier molecular flexibility index (Phi) is 5.86. The highest BCUT2D eigenvalue weighted by Gasteiger charge is 2.28. The molecule has 3 nitrogen and oxygen atoms in total. The van der Waals surface area contributed by atoms with Gasteiger partial charge in [0, 0.05) is 19.1 Å². The summed E-state index contributed by atoms with van der Waals surface area (Å²) in [6.45, 7) is 7.94. The Morgan fingerprint density at radius 3 is 2.75 bits per heavy atom. The van der Waals surface area contributed by atoms with E-state index in [0.717, 1.165) is 18.2 Å². The summed E-state index contributed by atoms with van der Waals surface area (Å²) in [6.07, 6.45) is 3.95. The van der Waals surface area contributed by atoms with E-state index in [-0.39, 0.29) is 0 Å². The van der Waals surface area contributed by atoms with Crippen LogP contribution in [0.15, 0.2) is 24.3 Å². The Hall–Kier alpha value is -1.06. The minimum atomic E-state index is 0.316. The molecule has 0 amide bonds. The highest BCUT2D eigenvalue weighted by atomic mass is 16.5. The molecule has 1 aromatic rings. The molecule has 2 rings (SSSR count). The molecule has 1 aliphatic rings. The monoisotopic (exact) mass is 276 g/mol. The lowest BCUT2D eigenvalue weighted by atomic mass is 10.0. The van der Waals surface area contributed by atoms with Crippen LogP contribution in [0.3, 0.4) is 0 Å². The number of hydrogen-bond acceptors (Lipinski definition) is 3. The van der Waals surface area contributed by atoms with E-state index in [0.29, 0.717) is 19.2 Å². The minimum Gasteiger partial charge on any atom is -0.494 e. The third-order valence-electron chi connectivity index (χ3n) is 3.92. The lowest BCUT2D eigenvalue weighted by Crippen LogP contribution is -2.36. The number of nitrogens with zero attached hydrogens (tertiary/aromatic N) is 1. The third kappa shape index (κ3) is 4.22. The first-order valence-electron chi connectivity index (χ1n) is 7.95. The number of ether oxygens (including phenoxy) is 1. The second-order valence-corrected chi connectivity index (χ2v) is 5.70. The fourth-order valence-electron chi connectivity index (χ4n) is 2.77. The van der Waals surface area contributed by atoms with E-state index in [2.05, 4.69) is 30.0 Å². The van der Waals surface area contributed by atoms with Gasteiger partial charge in [0.2, 0.25) is 0 Å². The Balaban J connectivity index is 2.12. The van der Waals surface area contributed by atoms with Gasteiger partial charge in [0.25, 0.3) is 0 Å². The first-order chi connectivity index (χ1) is 9.78. The highest BCUT2D eigenvalue weighted by Crippen LogP contribution is 2.33. The Bertz CT molecular complexity index is 404. The predicted octanol–water partition coefficient (Wildman–Crippen LogP) is 3.21. The molecule has 1 aromatic carbocycles. The number of benzene rings is 1. The van der Waals surface area contributed by atoms with Crippen LogP contribution in [0, 0.1) is 5.92 Å². The number of hydrogen-bond donors (Lipinski definition) is 1. The smallest absolute Gasteiger partial charge is 0.119 e. The molecule has 20 heavy (non-hydrogen) atoms. The van der Waals surface area contributed by atoms with Crippen molar-refractivity contribution in [1.29, 1.82) is 0 Å². The van der Waals surface area contributed by atoms with Crippen molar-refractivity contribution in [3.05, 3.63) is 29.8 Å². The van der Waals surface area contributed by atoms with Gasteiger partial charge in [0.1, 0.15) is 5.75 Å². The van der Waals surface area contributed by atoms with Gasteiger partial charge < -0.3 is 10.5 Å². The lowest BCUT2D eigenvalue weighted by molar-refractivity contribution is 0.193. The van der Waals surface area contributed by atoms with Crippen molar-refractivity contribution in [1.82, 2.24) is 4.90 Å². The summed E-state index contributed by atoms with van der Waals surface area (Å²) in [5, 5.41) is 0. The molecule has 112 valence electrons. The van der Waals surface area contributed by atoms with Crippen LogP contribution in [0.5, 0.6) is 5.75 Å². The van der Waals surface area contributed by atoms with E-state index >= 15 is 0 Å². The van der Waals surface area contributed by atoms with Crippen molar-refractivity contribution in [2.75, 3.05) is 26.2 Å². The molecule has 1 saturated carbocycles. The topological polar surface area (TPSA) is 38.5 Å². The zero-order chi connectivity index (χ0) is 14.4. The zero-order valence-corrected chi connectivity index (χ0v) is 12.8. The van der Waals surface area contributed by atoms with Crippen LogP contribution in [0.1, 0.15) is 44.7 Å². The molecule has 0 aliphatic heterocycles. The first kappa shape index (κ1) is 15.3. The molecule has 1 atom stereocenters. The lowest BCUT2D eigenvalue weighted by Gasteiger charge is -2.31. The summed E-state index contributed by atoms with van der Waals surface area (Å²) >= 11 is 0. The largest absolute Gasteiger partial charge is 0.494 e. The van der Waals surface area contributed by atoms with Crippen molar-refractivity contribution < 1.29 is 4.74 Å². The summed E-state index contributed by atoms with van der Waals surface area (Å²) in [5.41, 5.74) is 7.36. The third-order valence-corrected chi connectivity index (χ3v) is 3.92. The summed E-state index contributed by atoms with van der Waals surface area (Å²) in [6, 6.07) is 8.73. The Morgan fingerprint density at radius 2 is 2.15 bits per heavy atom. The molecule has 0 aromatic heterocycles. The average Bonchev–Trinajstić information content (AvgIpc) is 3.25. The molecule has 3 heteroatoms. The second kappa shape index (κ2) is 7.65. The molecular formula is C17H28N2O. The molecule has 0 saturated heterocycles. The van der Waals surface area contributed by atoms with E-state index in [1.54, 1.807) is 0 Å². The molecule has 1 aliphatic carbocycles. The Morgan fingerprint density at radius 1 is 1.35 bits per heavy atom. The maximum absolute atomic E-state index is 6.07. The molecule has 0 spiro atoms. The molecule has 0 radical (unpaired) electrons. The van der Waals surface area contributed by atoms with Crippen LogP contribution in [0.4, 0.5) is 0 Å². The maximum Gasteiger partial charge on any atom is 0.119 e. The van der Waals surface area contributed by atoms with Crippen LogP contribution in [0.2, 0.25) is 0 Å². The van der Waals surface area contributed by atoms with Gasteiger partial charge in [0.05, 0.1) is 6.61 Å². The molecule has 1 unspecified atom stereocenters. The van der Waals surface area contributed by atoms with Crippen LogP contribution in [-0.4, -0.2) is 31.1 Å². The van der Waals surface area contributed by atoms with E-state index in [9.17, 15) is 0 Å². The normalized spacial score (nSPS) is 16.4. The van der Waals surface area contributed by atoms with Gasteiger partial charge in [-0.25, -0.2) is 0 Å². The van der Waals surface area contributed by atoms with Gasteiger partial charge in [-0.05, 0) is 56.3 Å². The average molecular weight is 276 g/mol. The zero-order valence-electron chi connectivity index (χ0n) is 12.8. The quantitative estimate of drug-likeness (QED) is 0.752. The Labute approximate surface area is 123 Å². The summed E-state index contributed by atoms with van der Waals surface area (Å²) in [7, 11) is 0. The van der Waals surface area contributed by atoms with Crippen LogP contribution >= 0.6 is 0 Å². The molecule has 1 fully saturated rings. The van der Waals surface area contributed by atoms with Gasteiger partial charge >= 0.3 is 0 Å². The van der Waals surface area contributed by atoms with Crippen molar-refractivity contribution in [2.45, 2.75) is 39.2 Å². The van der Waals surface area contributed by atoms with Crippen molar-refractivity contribution in [3.63, 3.8) is 0 Å². The van der Waals surface area contributed by atoms with Crippen LogP contribution < -0.4 is 10.5 Å². The number of nitrogens with two attached hydrogens (primary N) is 1. The highest BCUT2D eigenvalue weighted by molar-refractivity contribution is 5.31. The second-order valence-electron chi connectivity index (χ2n) is 5.70. The van der Waals surface area contributed by atoms with Crippen molar-refractivity contribution in [3.8, 4) is 5.75 Å². The number of rotatable bonds is 9. The SMILES string of the molecule is CCCN(CC1CC1)C(CN)c1cccc(OCC)c1. The molecule has 0 heterocycles. The predicted molar refractivity (Wildman–Crippen MR) is 84.0 cm³/mol. The summed E-state index contributed by atoms with van der Waals surface area (Å²) < 4.78 is 5.61. The van der Waals surface area contributed by atoms with Crippen molar-refractivity contribution >= 4 is 0 Å². The maximum atomic E-state index is 6.07. The molecular weight excluding hydrogens is 248 g/mol. The van der Waals surface area contributed by atoms with E-state index in [1.165, 1.54) is 31.4 Å². The van der Waals surface area contributed by atoms with Crippen molar-refractivity contribution in [2.24, 2.45) is 11.7 Å². The van der Waals surface area contributed by atoms with Gasteiger partial charge in [-0.1, -0.05) is 19.1 Å². The van der Waals surface area contributed by atoms with Gasteiger partial charge in [-0.2, -0.15) is 0 Å². The first-order valence-corrected chi connectivity index (χ1v) is 7.95. The minimum absolute atomic E-state index is 0.316. The summed E-state index contributed by atoms with van der Waals surface area (Å²) in [4.78, 5) is 2.56. The fraction of sp³-hybridized carbons (Fsp3) is 0.647. The molecule has 2 N–H and O–H groups in total. The van der Waals surface area contributed by atoms with Crippen LogP contribution in [-0.2, 0) is 0 Å². The van der Waals surface area contributed by atoms with Gasteiger partial charge in [-0.3, -0.25) is 4.90 Å². The summed E-state index contributed by atoms with van der Waals surface area (Å²) in [5.74, 6) is 1.84. The van der Waals surface area contributed by atoms with Crippen LogP contribution in [0.25, 0.3) is 0 Å².